The molecule has 9 heteroatoms. The van der Waals surface area contributed by atoms with Crippen LogP contribution in [0.25, 0.3) is 0 Å². The Morgan fingerprint density at radius 2 is 1.76 bits per heavy atom. The van der Waals surface area contributed by atoms with Crippen molar-refractivity contribution < 1.29 is 28.7 Å². The molecule has 0 spiro atoms. The van der Waals surface area contributed by atoms with E-state index >= 15 is 0 Å². The Kier molecular flexibility index (Phi) is 10.0. The fourth-order valence-corrected chi connectivity index (χ4v) is 4.23. The third kappa shape index (κ3) is 7.28. The summed E-state index contributed by atoms with van der Waals surface area (Å²) in [5.74, 6) is -2.05. The van der Waals surface area contributed by atoms with E-state index in [1.165, 1.54) is 0 Å². The van der Waals surface area contributed by atoms with Gasteiger partial charge in [-0.1, -0.05) is 50.6 Å². The highest BCUT2D eigenvalue weighted by molar-refractivity contribution is 5.97. The molecule has 1 aliphatic carbocycles. The maximum Gasteiger partial charge on any atom is 0.408 e. The number of nitrogens with one attached hydrogen (secondary N) is 2. The predicted molar refractivity (Wildman–Crippen MR) is 127 cm³/mol. The molecule has 1 fully saturated rings. The Labute approximate surface area is 201 Å². The number of benzene rings is 1. The van der Waals surface area contributed by atoms with E-state index in [0.717, 1.165) is 5.56 Å². The Hall–Kier alpha value is -2.94. The van der Waals surface area contributed by atoms with Gasteiger partial charge in [0.2, 0.25) is 5.91 Å². The maximum atomic E-state index is 13.1. The van der Waals surface area contributed by atoms with E-state index in [0.29, 0.717) is 25.7 Å². The summed E-state index contributed by atoms with van der Waals surface area (Å²) < 4.78 is 10.3. The summed E-state index contributed by atoms with van der Waals surface area (Å²) in [5, 5.41) is 5.28. The topological polar surface area (TPSA) is 137 Å². The van der Waals surface area contributed by atoms with E-state index in [1.54, 1.807) is 13.8 Å². The molecule has 0 heterocycles. The first-order chi connectivity index (χ1) is 16.1. The van der Waals surface area contributed by atoms with Crippen molar-refractivity contribution in [2.24, 2.45) is 17.6 Å². The van der Waals surface area contributed by atoms with Gasteiger partial charge in [-0.2, -0.15) is 0 Å². The smallest absolute Gasteiger partial charge is 0.408 e. The third-order valence-corrected chi connectivity index (χ3v) is 6.02. The molecule has 9 nitrogen and oxygen atoms in total. The molecule has 34 heavy (non-hydrogen) atoms. The number of esters is 1. The number of amides is 2. The Bertz CT molecular complexity index is 859. The molecule has 0 bridgehead atoms. The van der Waals surface area contributed by atoms with Gasteiger partial charge < -0.3 is 25.8 Å². The Balaban J connectivity index is 1.99. The summed E-state index contributed by atoms with van der Waals surface area (Å²) in [6.45, 7) is 7.34. The van der Waals surface area contributed by atoms with E-state index in [1.807, 2.05) is 44.2 Å². The van der Waals surface area contributed by atoms with Crippen LogP contribution in [0.15, 0.2) is 30.3 Å². The molecule has 4 atom stereocenters. The summed E-state index contributed by atoms with van der Waals surface area (Å²) in [7, 11) is 0. The summed E-state index contributed by atoms with van der Waals surface area (Å²) in [4.78, 5) is 50.8. The maximum absolute atomic E-state index is 13.1. The number of hydrogen-bond donors (Lipinski definition) is 3. The van der Waals surface area contributed by atoms with Gasteiger partial charge >= 0.3 is 12.1 Å². The number of ketones is 1. The first-order valence-corrected chi connectivity index (χ1v) is 11.9. The minimum atomic E-state index is -1.39. The second-order valence-corrected chi connectivity index (χ2v) is 9.23. The number of alkyl carbamates (subject to hydrolysis) is 1. The second kappa shape index (κ2) is 12.5. The van der Waals surface area contributed by atoms with Crippen molar-refractivity contribution >= 4 is 23.8 Å². The molecule has 4 N–H and O–H groups in total. The van der Waals surface area contributed by atoms with E-state index in [4.69, 9.17) is 15.2 Å². The van der Waals surface area contributed by atoms with E-state index in [9.17, 15) is 19.2 Å². The lowest BCUT2D eigenvalue weighted by Gasteiger charge is -2.30. The van der Waals surface area contributed by atoms with Crippen LogP contribution in [-0.2, 0) is 30.5 Å². The molecule has 1 saturated carbocycles. The molecule has 1 aliphatic rings. The second-order valence-electron chi connectivity index (χ2n) is 9.23. The number of hydrogen-bond acceptors (Lipinski definition) is 7. The van der Waals surface area contributed by atoms with Gasteiger partial charge in [0, 0.05) is 5.92 Å². The lowest BCUT2D eigenvalue weighted by Crippen LogP contribution is -2.58. The Morgan fingerprint density at radius 1 is 1.09 bits per heavy atom. The molecule has 2 amide bonds. The van der Waals surface area contributed by atoms with Crippen LogP contribution in [0.5, 0.6) is 0 Å². The monoisotopic (exact) mass is 475 g/mol. The number of nitrogens with two attached hydrogens (primary N) is 1. The van der Waals surface area contributed by atoms with Crippen LogP contribution in [0.3, 0.4) is 0 Å². The molecule has 1 aromatic carbocycles. The van der Waals surface area contributed by atoms with Crippen LogP contribution in [-0.4, -0.2) is 48.0 Å². The molecular weight excluding hydrogens is 438 g/mol. The van der Waals surface area contributed by atoms with Crippen LogP contribution in [0.1, 0.15) is 58.9 Å². The predicted octanol–water partition coefficient (Wildman–Crippen LogP) is 2.46. The zero-order chi connectivity index (χ0) is 25.3. The van der Waals surface area contributed by atoms with Gasteiger partial charge in [-0.3, -0.25) is 14.4 Å². The van der Waals surface area contributed by atoms with E-state index in [-0.39, 0.29) is 24.9 Å². The number of rotatable bonds is 11. The number of carbonyl (C=O) groups is 4. The molecular formula is C25H37N3O6. The van der Waals surface area contributed by atoms with Crippen molar-refractivity contribution in [2.75, 3.05) is 6.61 Å². The summed E-state index contributed by atoms with van der Waals surface area (Å²) in [6.07, 6.45) is 1.07. The van der Waals surface area contributed by atoms with Gasteiger partial charge in [0.25, 0.3) is 0 Å². The van der Waals surface area contributed by atoms with Crippen molar-refractivity contribution in [3.05, 3.63) is 35.9 Å². The SMILES string of the molecule is CCOC(=O)C1(N)CCCC1C(=O)[C@H](C)NC(=O)[C@H](CC(C)C)NC(=O)OCc1ccccc1. The highest BCUT2D eigenvalue weighted by Crippen LogP contribution is 2.36. The number of carbonyl (C=O) groups excluding carboxylic acids is 4. The Morgan fingerprint density at radius 3 is 2.38 bits per heavy atom. The third-order valence-electron chi connectivity index (χ3n) is 6.02. The van der Waals surface area contributed by atoms with Crippen LogP contribution in [0, 0.1) is 11.8 Å². The van der Waals surface area contributed by atoms with Crippen LogP contribution in [0.2, 0.25) is 0 Å². The molecule has 0 aliphatic heterocycles. The molecule has 188 valence electrons. The molecule has 2 rings (SSSR count). The lowest BCUT2D eigenvalue weighted by molar-refractivity contribution is -0.153. The minimum absolute atomic E-state index is 0.0751. The first-order valence-electron chi connectivity index (χ1n) is 11.9. The van der Waals surface area contributed by atoms with Crippen molar-refractivity contribution in [3.63, 3.8) is 0 Å². The van der Waals surface area contributed by atoms with E-state index < -0.39 is 41.5 Å². The molecule has 0 saturated heterocycles. The standard InChI is InChI=1S/C25H37N3O6/c1-5-33-23(31)25(26)13-9-12-19(25)21(29)17(4)27-22(30)20(14-16(2)3)28-24(32)34-15-18-10-7-6-8-11-18/h6-8,10-11,16-17,19-20H,5,9,12-15,26H2,1-4H3,(H,27,30)(H,28,32)/t17-,19?,20-,25?/m0/s1. The minimum Gasteiger partial charge on any atom is -0.465 e. The zero-order valence-corrected chi connectivity index (χ0v) is 20.5. The van der Waals surface area contributed by atoms with Gasteiger partial charge in [-0.05, 0) is 44.6 Å². The normalized spacial score (nSPS) is 21.4. The van der Waals surface area contributed by atoms with Gasteiger partial charge in [0.1, 0.15) is 18.2 Å². The van der Waals surface area contributed by atoms with Crippen LogP contribution >= 0.6 is 0 Å². The van der Waals surface area contributed by atoms with Gasteiger partial charge in [-0.25, -0.2) is 4.79 Å². The molecule has 2 unspecified atom stereocenters. The highest BCUT2D eigenvalue weighted by Gasteiger charge is 2.51. The molecule has 0 radical (unpaired) electrons. The zero-order valence-electron chi connectivity index (χ0n) is 20.5. The number of ether oxygens (including phenoxy) is 2. The quantitative estimate of drug-likeness (QED) is 0.418. The van der Waals surface area contributed by atoms with Crippen molar-refractivity contribution in [1.82, 2.24) is 10.6 Å². The van der Waals surface area contributed by atoms with Crippen molar-refractivity contribution in [3.8, 4) is 0 Å². The first kappa shape index (κ1) is 27.3. The average molecular weight is 476 g/mol. The van der Waals surface area contributed by atoms with Crippen LogP contribution < -0.4 is 16.4 Å². The summed E-state index contributed by atoms with van der Waals surface area (Å²) >= 11 is 0. The summed E-state index contributed by atoms with van der Waals surface area (Å²) in [5.41, 5.74) is 5.73. The van der Waals surface area contributed by atoms with E-state index in [2.05, 4.69) is 10.6 Å². The largest absolute Gasteiger partial charge is 0.465 e. The molecule has 1 aromatic rings. The van der Waals surface area contributed by atoms with Gasteiger partial charge in [0.15, 0.2) is 5.78 Å². The fourth-order valence-electron chi connectivity index (χ4n) is 4.23. The van der Waals surface area contributed by atoms with Gasteiger partial charge in [-0.15, -0.1) is 0 Å². The molecule has 0 aromatic heterocycles. The average Bonchev–Trinajstić information content (AvgIpc) is 3.20. The van der Waals surface area contributed by atoms with Crippen molar-refractivity contribution in [2.45, 2.75) is 77.6 Å². The van der Waals surface area contributed by atoms with Crippen LogP contribution in [0.4, 0.5) is 4.79 Å². The lowest BCUT2D eigenvalue weighted by atomic mass is 9.82. The highest BCUT2D eigenvalue weighted by atomic mass is 16.5. The number of Topliss-reactive ketones (excluding diaryl/α,β-unsaturated/α-hetero) is 1. The van der Waals surface area contributed by atoms with Gasteiger partial charge in [0.05, 0.1) is 12.6 Å². The fraction of sp³-hybridized carbons (Fsp3) is 0.600. The summed E-state index contributed by atoms with van der Waals surface area (Å²) in [6, 6.07) is 7.44. The van der Waals surface area contributed by atoms with Crippen molar-refractivity contribution in [1.29, 1.82) is 0 Å².